The Labute approximate surface area is 63.2 Å². The van der Waals surface area contributed by atoms with Crippen LogP contribution in [-0.2, 0) is 9.59 Å². The van der Waals surface area contributed by atoms with Crippen LogP contribution in [0.3, 0.4) is 0 Å². The molecule has 1 aliphatic rings. The molecule has 1 rings (SSSR count). The van der Waals surface area contributed by atoms with Crippen molar-refractivity contribution in [2.45, 2.75) is 0 Å². The van der Waals surface area contributed by atoms with Gasteiger partial charge in [0.05, 0.1) is 6.34 Å². The lowest BCUT2D eigenvalue weighted by Crippen LogP contribution is -2.19. The van der Waals surface area contributed by atoms with Crippen LogP contribution in [0.4, 0.5) is 0 Å². The van der Waals surface area contributed by atoms with Gasteiger partial charge in [0.25, 0.3) is 5.91 Å². The average molecular weight is 153 g/mol. The number of hydrogen-bond acceptors (Lipinski definition) is 3. The standard InChI is InChI=1S/C6H7N3O2/c1-7-5(10)2-4-6(11)9-3-8-4/h2-3H,1H3,(H,7,10)(H,8,9,11). The Morgan fingerprint density at radius 2 is 2.55 bits per heavy atom. The summed E-state index contributed by atoms with van der Waals surface area (Å²) < 4.78 is 0. The van der Waals surface area contributed by atoms with Gasteiger partial charge in [-0.05, 0) is 0 Å². The Kier molecular flexibility index (Phi) is 2.00. The molecule has 0 fully saturated rings. The highest BCUT2D eigenvalue weighted by molar-refractivity contribution is 6.08. The molecule has 0 spiro atoms. The van der Waals surface area contributed by atoms with E-state index in [1.807, 2.05) is 0 Å². The molecule has 5 heteroatoms. The van der Waals surface area contributed by atoms with E-state index in [1.54, 1.807) is 0 Å². The number of rotatable bonds is 1. The highest BCUT2D eigenvalue weighted by Gasteiger charge is 2.12. The van der Waals surface area contributed by atoms with E-state index in [9.17, 15) is 9.59 Å². The lowest BCUT2D eigenvalue weighted by molar-refractivity contribution is -0.118. The van der Waals surface area contributed by atoms with E-state index in [2.05, 4.69) is 15.6 Å². The van der Waals surface area contributed by atoms with Gasteiger partial charge >= 0.3 is 0 Å². The van der Waals surface area contributed by atoms with Crippen molar-refractivity contribution in [1.82, 2.24) is 10.6 Å². The summed E-state index contributed by atoms with van der Waals surface area (Å²) in [6.45, 7) is 0. The van der Waals surface area contributed by atoms with E-state index < -0.39 is 0 Å². The molecule has 0 atom stereocenters. The van der Waals surface area contributed by atoms with Gasteiger partial charge in [0.2, 0.25) is 5.91 Å². The maximum atomic E-state index is 10.7. The second kappa shape index (κ2) is 2.96. The minimum Gasteiger partial charge on any atom is -0.356 e. The minimum atomic E-state index is -0.353. The number of likely N-dealkylation sites (N-methyl/N-ethyl adjacent to an activating group) is 1. The fourth-order valence-corrected chi connectivity index (χ4v) is 0.592. The molecule has 2 N–H and O–H groups in total. The summed E-state index contributed by atoms with van der Waals surface area (Å²) in [5.41, 5.74) is 0.129. The third kappa shape index (κ3) is 1.64. The van der Waals surface area contributed by atoms with Crippen molar-refractivity contribution < 1.29 is 9.59 Å². The Balaban J connectivity index is 2.73. The van der Waals surface area contributed by atoms with Gasteiger partial charge in [-0.3, -0.25) is 9.59 Å². The molecule has 0 radical (unpaired) electrons. The molecule has 0 aromatic heterocycles. The Bertz CT molecular complexity index is 255. The molecule has 5 nitrogen and oxygen atoms in total. The van der Waals surface area contributed by atoms with E-state index in [-0.39, 0.29) is 17.5 Å². The quantitative estimate of drug-likeness (QED) is 0.463. The van der Waals surface area contributed by atoms with Gasteiger partial charge in [-0.1, -0.05) is 0 Å². The Morgan fingerprint density at radius 3 is 3.00 bits per heavy atom. The van der Waals surface area contributed by atoms with Crippen molar-refractivity contribution in [3.63, 3.8) is 0 Å². The van der Waals surface area contributed by atoms with Crippen LogP contribution in [0.25, 0.3) is 0 Å². The highest BCUT2D eigenvalue weighted by Crippen LogP contribution is 1.99. The van der Waals surface area contributed by atoms with Gasteiger partial charge in [0.1, 0.15) is 5.70 Å². The lowest BCUT2D eigenvalue weighted by atomic mass is 10.4. The Hall–Kier alpha value is -1.65. The predicted molar refractivity (Wildman–Crippen MR) is 38.8 cm³/mol. The average Bonchev–Trinajstić information content (AvgIpc) is 2.37. The largest absolute Gasteiger partial charge is 0.356 e. The molecule has 1 heterocycles. The summed E-state index contributed by atoms with van der Waals surface area (Å²) in [5, 5.41) is 4.66. The number of nitrogens with zero attached hydrogens (tertiary/aromatic N) is 1. The molecule has 0 saturated carbocycles. The first kappa shape index (κ1) is 7.46. The fraction of sp³-hybridized carbons (Fsp3) is 0.167. The molecule has 0 saturated heterocycles. The summed E-state index contributed by atoms with van der Waals surface area (Å²) in [7, 11) is 1.48. The van der Waals surface area contributed by atoms with E-state index in [0.29, 0.717) is 0 Å². The molecule has 1 aliphatic heterocycles. The summed E-state index contributed by atoms with van der Waals surface area (Å²) >= 11 is 0. The van der Waals surface area contributed by atoms with Crippen molar-refractivity contribution in [2.75, 3.05) is 7.05 Å². The van der Waals surface area contributed by atoms with Crippen molar-refractivity contribution in [3.05, 3.63) is 11.8 Å². The van der Waals surface area contributed by atoms with Gasteiger partial charge in [0, 0.05) is 13.1 Å². The number of hydrogen-bond donors (Lipinski definition) is 2. The molecule has 0 aromatic rings. The molecule has 11 heavy (non-hydrogen) atoms. The predicted octanol–water partition coefficient (Wildman–Crippen LogP) is -1.23. The summed E-state index contributed by atoms with van der Waals surface area (Å²) in [6.07, 6.45) is 2.38. The molecular weight excluding hydrogens is 146 g/mol. The van der Waals surface area contributed by atoms with Crippen LogP contribution in [0.2, 0.25) is 0 Å². The molecule has 58 valence electrons. The first-order valence-corrected chi connectivity index (χ1v) is 3.01. The maximum absolute atomic E-state index is 10.7. The van der Waals surface area contributed by atoms with Gasteiger partial charge < -0.3 is 10.6 Å². The van der Waals surface area contributed by atoms with Gasteiger partial charge in [-0.2, -0.15) is 0 Å². The van der Waals surface area contributed by atoms with E-state index in [1.165, 1.54) is 13.4 Å². The minimum absolute atomic E-state index is 0.129. The molecule has 0 aliphatic carbocycles. The number of aliphatic imine (C=N–C) groups is 1. The van der Waals surface area contributed by atoms with E-state index in [0.717, 1.165) is 6.08 Å². The second-order valence-corrected chi connectivity index (χ2v) is 1.88. The van der Waals surface area contributed by atoms with Crippen LogP contribution in [-0.4, -0.2) is 25.2 Å². The van der Waals surface area contributed by atoms with Gasteiger partial charge in [-0.15, -0.1) is 0 Å². The van der Waals surface area contributed by atoms with E-state index in [4.69, 9.17) is 0 Å². The lowest BCUT2D eigenvalue weighted by Gasteiger charge is -1.90. The molecular formula is C6H7N3O2. The third-order valence-corrected chi connectivity index (χ3v) is 1.15. The van der Waals surface area contributed by atoms with Crippen molar-refractivity contribution in [3.8, 4) is 0 Å². The van der Waals surface area contributed by atoms with Crippen LogP contribution in [0.15, 0.2) is 16.8 Å². The van der Waals surface area contributed by atoms with Crippen LogP contribution in [0, 0.1) is 0 Å². The first-order valence-electron chi connectivity index (χ1n) is 3.01. The molecule has 0 unspecified atom stereocenters. The molecule has 2 amide bonds. The Morgan fingerprint density at radius 1 is 1.82 bits per heavy atom. The van der Waals surface area contributed by atoms with Crippen LogP contribution in [0.1, 0.15) is 0 Å². The first-order chi connectivity index (χ1) is 5.24. The number of carbonyl (C=O) groups excluding carboxylic acids is 2. The zero-order valence-corrected chi connectivity index (χ0v) is 5.92. The van der Waals surface area contributed by atoms with Crippen LogP contribution in [0.5, 0.6) is 0 Å². The number of nitrogens with one attached hydrogen (secondary N) is 2. The normalized spacial score (nSPS) is 18.6. The highest BCUT2D eigenvalue weighted by atomic mass is 16.2. The van der Waals surface area contributed by atoms with Crippen LogP contribution < -0.4 is 10.6 Å². The summed E-state index contributed by atoms with van der Waals surface area (Å²) in [5.74, 6) is -0.692. The topological polar surface area (TPSA) is 70.6 Å². The number of amides is 2. The van der Waals surface area contributed by atoms with Crippen molar-refractivity contribution in [2.24, 2.45) is 4.99 Å². The van der Waals surface area contributed by atoms with Crippen LogP contribution >= 0.6 is 0 Å². The molecule has 0 bridgehead atoms. The fourth-order valence-electron chi connectivity index (χ4n) is 0.592. The number of carbonyl (C=O) groups is 2. The van der Waals surface area contributed by atoms with Crippen molar-refractivity contribution >= 4 is 18.2 Å². The van der Waals surface area contributed by atoms with E-state index >= 15 is 0 Å². The monoisotopic (exact) mass is 153 g/mol. The second-order valence-electron chi connectivity index (χ2n) is 1.88. The molecule has 0 aromatic carbocycles. The van der Waals surface area contributed by atoms with Gasteiger partial charge in [-0.25, -0.2) is 4.99 Å². The van der Waals surface area contributed by atoms with Gasteiger partial charge in [0.15, 0.2) is 0 Å². The SMILES string of the molecule is CNC(=O)C=C1N=CNC1=O. The summed E-state index contributed by atoms with van der Waals surface area (Å²) in [4.78, 5) is 25.0. The smallest absolute Gasteiger partial charge is 0.275 e. The summed E-state index contributed by atoms with van der Waals surface area (Å²) in [6, 6.07) is 0. The zero-order chi connectivity index (χ0) is 8.27. The maximum Gasteiger partial charge on any atom is 0.275 e. The third-order valence-electron chi connectivity index (χ3n) is 1.15. The van der Waals surface area contributed by atoms with Crippen molar-refractivity contribution in [1.29, 1.82) is 0 Å². The zero-order valence-electron chi connectivity index (χ0n) is 5.92.